The third-order valence-electron chi connectivity index (χ3n) is 6.89. The van der Waals surface area contributed by atoms with Crippen LogP contribution in [0.4, 0.5) is 0 Å². The van der Waals surface area contributed by atoms with E-state index in [1.165, 1.54) is 23.9 Å². The van der Waals surface area contributed by atoms with E-state index in [1.54, 1.807) is 17.6 Å². The summed E-state index contributed by atoms with van der Waals surface area (Å²) in [6, 6.07) is 14.3. The van der Waals surface area contributed by atoms with Crippen molar-refractivity contribution >= 4 is 38.6 Å². The minimum atomic E-state index is -4.03. The average Bonchev–Trinajstić information content (AvgIpc) is 3.67. The Morgan fingerprint density at radius 3 is 2.56 bits per heavy atom. The van der Waals surface area contributed by atoms with Crippen molar-refractivity contribution in [1.82, 2.24) is 15.4 Å². The van der Waals surface area contributed by atoms with E-state index in [4.69, 9.17) is 9.15 Å². The van der Waals surface area contributed by atoms with Crippen molar-refractivity contribution in [3.8, 4) is 5.75 Å². The van der Waals surface area contributed by atoms with Crippen molar-refractivity contribution in [3.63, 3.8) is 0 Å². The number of carbonyl (C=O) groups excluding carboxylic acids is 1. The van der Waals surface area contributed by atoms with Crippen LogP contribution in [-0.2, 0) is 14.6 Å². The largest absolute Gasteiger partial charge is 0.494 e. The summed E-state index contributed by atoms with van der Waals surface area (Å²) in [6.45, 7) is 1.48. The molecule has 2 aliphatic rings. The monoisotopic (exact) mass is 531 g/mol. The molecule has 0 unspecified atom stereocenters. The number of nitrogens with zero attached hydrogens (tertiary/aromatic N) is 2. The molecule has 1 aromatic heterocycles. The maximum Gasteiger partial charge on any atom is 0.265 e. The molecule has 0 atom stereocenters. The number of hydroxylamine groups is 1. The highest BCUT2D eigenvalue weighted by Crippen LogP contribution is 2.39. The van der Waals surface area contributed by atoms with Crippen LogP contribution in [0.1, 0.15) is 32.1 Å². The van der Waals surface area contributed by atoms with Crippen LogP contribution >= 0.6 is 11.8 Å². The number of nitrogens with one attached hydrogen (secondary N) is 1. The molecular formula is C25H29N3O6S2. The Labute approximate surface area is 214 Å². The first-order chi connectivity index (χ1) is 17.4. The molecule has 2 fully saturated rings. The Bertz CT molecular complexity index is 1280. The molecule has 11 heteroatoms. The Hall–Kier alpha value is -2.60. The number of fused-ring (bicyclic) bond motifs is 1. The molecule has 0 spiro atoms. The third kappa shape index (κ3) is 4.97. The van der Waals surface area contributed by atoms with Crippen LogP contribution < -0.4 is 10.2 Å². The van der Waals surface area contributed by atoms with Gasteiger partial charge < -0.3 is 14.1 Å². The van der Waals surface area contributed by atoms with E-state index in [9.17, 15) is 18.4 Å². The van der Waals surface area contributed by atoms with E-state index >= 15 is 0 Å². The first-order valence-electron chi connectivity index (χ1n) is 12.1. The summed E-state index contributed by atoms with van der Waals surface area (Å²) < 4.78 is 36.9. The molecule has 2 heterocycles. The molecule has 0 radical (unpaired) electrons. The number of benzene rings is 2. The molecule has 1 aliphatic heterocycles. The average molecular weight is 532 g/mol. The lowest BCUT2D eigenvalue weighted by Crippen LogP contribution is -2.58. The molecule has 1 aliphatic carbocycles. The van der Waals surface area contributed by atoms with Gasteiger partial charge in [-0.2, -0.15) is 0 Å². The number of para-hydroxylation sites is 2. The summed E-state index contributed by atoms with van der Waals surface area (Å²) in [4.78, 5) is 19.3. The van der Waals surface area contributed by atoms with Crippen molar-refractivity contribution < 1.29 is 27.6 Å². The van der Waals surface area contributed by atoms with Crippen molar-refractivity contribution in [2.45, 2.75) is 53.0 Å². The van der Waals surface area contributed by atoms with Crippen LogP contribution in [0, 0.1) is 0 Å². The number of amides is 1. The Morgan fingerprint density at radius 1 is 1.17 bits per heavy atom. The van der Waals surface area contributed by atoms with Crippen molar-refractivity contribution in [2.24, 2.45) is 0 Å². The Kier molecular flexibility index (Phi) is 7.25. The first-order valence-corrected chi connectivity index (χ1v) is 14.5. The number of likely N-dealkylation sites (tertiary alicyclic amines) is 1. The van der Waals surface area contributed by atoms with Crippen LogP contribution in [0.2, 0.25) is 0 Å². The van der Waals surface area contributed by atoms with Crippen molar-refractivity contribution in [2.75, 3.05) is 25.4 Å². The second-order valence-electron chi connectivity index (χ2n) is 9.18. The Balaban J connectivity index is 1.16. The fourth-order valence-electron chi connectivity index (χ4n) is 4.67. The predicted molar refractivity (Wildman–Crippen MR) is 135 cm³/mol. The number of aromatic nitrogens is 1. The molecule has 1 saturated heterocycles. The topological polar surface area (TPSA) is 122 Å². The second-order valence-corrected chi connectivity index (χ2v) is 12.5. The highest BCUT2D eigenvalue weighted by molar-refractivity contribution is 7.99. The number of carbonyl (C=O) groups is 1. The quantitative estimate of drug-likeness (QED) is 0.175. The smallest absolute Gasteiger partial charge is 0.265 e. The first kappa shape index (κ1) is 25.1. The summed E-state index contributed by atoms with van der Waals surface area (Å²) in [6.07, 6.45) is 3.27. The summed E-state index contributed by atoms with van der Waals surface area (Å²) in [5.74, 6) is 0.440. The summed E-state index contributed by atoms with van der Waals surface area (Å²) in [5, 5.41) is 9.96. The highest BCUT2D eigenvalue weighted by Gasteiger charge is 2.53. The fourth-order valence-corrected chi connectivity index (χ4v) is 7.38. The van der Waals surface area contributed by atoms with Gasteiger partial charge in [0.2, 0.25) is 0 Å². The summed E-state index contributed by atoms with van der Waals surface area (Å²) >= 11 is 1.51. The zero-order chi connectivity index (χ0) is 25.2. The molecular weight excluding hydrogens is 502 g/mol. The molecule has 9 nitrogen and oxygen atoms in total. The van der Waals surface area contributed by atoms with Crippen LogP contribution in [0.5, 0.6) is 5.75 Å². The molecule has 192 valence electrons. The second kappa shape index (κ2) is 10.4. The lowest BCUT2D eigenvalue weighted by Gasteiger charge is -2.39. The maximum absolute atomic E-state index is 13.6. The zero-order valence-corrected chi connectivity index (χ0v) is 21.4. The predicted octanol–water partition coefficient (Wildman–Crippen LogP) is 3.67. The van der Waals surface area contributed by atoms with E-state index in [2.05, 4.69) is 9.88 Å². The SMILES string of the molecule is O=C(NO)C1(S(=O)(=O)c2ccc(OCCCSc3nc4ccccc4o3)cc2)CCN(C2CC2)CC1. The number of oxazole rings is 1. The van der Waals surface area contributed by atoms with Gasteiger partial charge in [-0.25, -0.2) is 18.9 Å². The summed E-state index contributed by atoms with van der Waals surface area (Å²) in [5.41, 5.74) is 3.20. The highest BCUT2D eigenvalue weighted by atomic mass is 32.2. The van der Waals surface area contributed by atoms with E-state index in [0.717, 1.165) is 36.1 Å². The molecule has 5 rings (SSSR count). The van der Waals surface area contributed by atoms with E-state index in [-0.39, 0.29) is 17.7 Å². The Morgan fingerprint density at radius 2 is 1.89 bits per heavy atom. The van der Waals surface area contributed by atoms with Crippen LogP contribution in [0.15, 0.2) is 63.1 Å². The fraction of sp³-hybridized carbons (Fsp3) is 0.440. The van der Waals surface area contributed by atoms with Gasteiger partial charge in [0.05, 0.1) is 11.5 Å². The lowest BCUT2D eigenvalue weighted by atomic mass is 9.94. The van der Waals surface area contributed by atoms with Crippen LogP contribution in [0.25, 0.3) is 11.1 Å². The van der Waals surface area contributed by atoms with Crippen LogP contribution in [-0.4, -0.2) is 65.7 Å². The molecule has 1 saturated carbocycles. The number of sulfone groups is 1. The van der Waals surface area contributed by atoms with Crippen molar-refractivity contribution in [1.29, 1.82) is 0 Å². The number of hydrogen-bond donors (Lipinski definition) is 2. The summed E-state index contributed by atoms with van der Waals surface area (Å²) in [7, 11) is -4.03. The number of piperidine rings is 1. The van der Waals surface area contributed by atoms with Gasteiger partial charge >= 0.3 is 0 Å². The van der Waals surface area contributed by atoms with Crippen LogP contribution in [0.3, 0.4) is 0 Å². The zero-order valence-electron chi connectivity index (χ0n) is 19.8. The number of thioether (sulfide) groups is 1. The van der Waals surface area contributed by atoms with Gasteiger partial charge in [-0.05, 0) is 68.5 Å². The molecule has 0 bridgehead atoms. The normalized spacial score (nSPS) is 18.2. The van der Waals surface area contributed by atoms with Gasteiger partial charge in [0.1, 0.15) is 11.3 Å². The molecule has 36 heavy (non-hydrogen) atoms. The van der Waals surface area contributed by atoms with Crippen molar-refractivity contribution in [3.05, 3.63) is 48.5 Å². The number of rotatable bonds is 10. The van der Waals surface area contributed by atoms with Gasteiger partial charge in [0.15, 0.2) is 20.2 Å². The van der Waals surface area contributed by atoms with E-state index in [1.807, 2.05) is 24.3 Å². The van der Waals surface area contributed by atoms with Gasteiger partial charge in [-0.1, -0.05) is 23.9 Å². The number of ether oxygens (including phenoxy) is 1. The van der Waals surface area contributed by atoms with E-state index < -0.39 is 20.5 Å². The third-order valence-corrected chi connectivity index (χ3v) is 10.3. The molecule has 2 aromatic carbocycles. The molecule has 2 N–H and O–H groups in total. The van der Waals surface area contributed by atoms with Gasteiger partial charge in [0, 0.05) is 24.9 Å². The minimum Gasteiger partial charge on any atom is -0.494 e. The molecule has 3 aromatic rings. The minimum absolute atomic E-state index is 0.0461. The van der Waals surface area contributed by atoms with E-state index in [0.29, 0.717) is 36.7 Å². The lowest BCUT2D eigenvalue weighted by molar-refractivity contribution is -0.133. The molecule has 1 amide bonds. The number of hydrogen-bond acceptors (Lipinski definition) is 9. The maximum atomic E-state index is 13.6. The standard InChI is InChI=1S/C25H29N3O6S2/c29-23(27-30)25(12-14-28(15-13-25)18-6-7-18)36(31,32)20-10-8-19(9-11-20)33-16-3-17-35-24-26-21-4-1-2-5-22(21)34-24/h1-2,4-5,8-11,18,30H,3,6-7,12-17H2,(H,27,29). The van der Waals surface area contributed by atoms with Gasteiger partial charge in [-0.15, -0.1) is 0 Å². The van der Waals surface area contributed by atoms with Gasteiger partial charge in [-0.3, -0.25) is 10.0 Å². The van der Waals surface area contributed by atoms with Gasteiger partial charge in [0.25, 0.3) is 11.1 Å².